The van der Waals surface area contributed by atoms with Crippen LogP contribution in [-0.2, 0) is 56.0 Å². The van der Waals surface area contributed by atoms with E-state index in [0.29, 0.717) is 23.1 Å². The molecule has 1 aromatic heterocycles. The molecule has 7 amide bonds. The number of nitrogens with two attached hydrogens (primary N) is 4. The second kappa shape index (κ2) is 35.7. The zero-order valence-electron chi connectivity index (χ0n) is 47.9. The molecule has 82 heavy (non-hydrogen) atoms. The van der Waals surface area contributed by atoms with E-state index in [4.69, 9.17) is 22.9 Å². The summed E-state index contributed by atoms with van der Waals surface area (Å²) in [6, 6.07) is 7.97. The molecule has 450 valence electrons. The highest BCUT2D eigenvalue weighted by Gasteiger charge is 2.36. The minimum Gasteiger partial charge on any atom is -0.393 e. The molecule has 4 rings (SSSR count). The number of hydrogen-bond donors (Lipinski definition) is 13. The van der Waals surface area contributed by atoms with Gasteiger partial charge in [-0.1, -0.05) is 83.2 Å². The van der Waals surface area contributed by atoms with Crippen LogP contribution in [0.15, 0.2) is 54.7 Å². The molecule has 1 fully saturated rings. The number of aromatic nitrogens is 1. The first-order valence-electron chi connectivity index (χ1n) is 29.0. The highest BCUT2D eigenvalue weighted by atomic mass is 16.3. The van der Waals surface area contributed by atoms with Gasteiger partial charge < -0.3 is 70.2 Å². The zero-order valence-corrected chi connectivity index (χ0v) is 47.9. The summed E-state index contributed by atoms with van der Waals surface area (Å²) in [4.78, 5) is 132. The Hall–Kier alpha value is -7.10. The van der Waals surface area contributed by atoms with E-state index < -0.39 is 120 Å². The van der Waals surface area contributed by atoms with Gasteiger partial charge in [0.15, 0.2) is 11.6 Å². The molecule has 17 N–H and O–H groups in total. The van der Waals surface area contributed by atoms with Crippen molar-refractivity contribution in [1.82, 2.24) is 42.2 Å². The number of H-pyrrole nitrogens is 1. The fourth-order valence-corrected chi connectivity index (χ4v) is 10.1. The number of carbonyl (C=O) groups is 9. The van der Waals surface area contributed by atoms with Gasteiger partial charge in [0.25, 0.3) is 0 Å². The summed E-state index contributed by atoms with van der Waals surface area (Å²) in [7, 11) is 0. The highest BCUT2D eigenvalue weighted by molar-refractivity contribution is 5.98. The molecule has 9 atom stereocenters. The number of para-hydroxylation sites is 1. The fourth-order valence-electron chi connectivity index (χ4n) is 10.1. The topological polar surface area (TPSA) is 402 Å². The Labute approximate surface area is 481 Å². The molecule has 1 aliphatic heterocycles. The lowest BCUT2D eigenvalue weighted by Crippen LogP contribution is -2.59. The van der Waals surface area contributed by atoms with Crippen LogP contribution >= 0.6 is 0 Å². The first-order chi connectivity index (χ1) is 39.3. The van der Waals surface area contributed by atoms with E-state index in [2.05, 4.69) is 49.1 Å². The third-order valence-electron chi connectivity index (χ3n) is 14.7. The van der Waals surface area contributed by atoms with Crippen molar-refractivity contribution in [3.8, 4) is 6.07 Å². The van der Waals surface area contributed by atoms with Crippen molar-refractivity contribution >= 4 is 63.8 Å². The fraction of sp³-hybridized carbons (Fsp3) is 0.593. The Morgan fingerprint density at radius 3 is 1.95 bits per heavy atom. The first kappa shape index (κ1) is 67.4. The number of nitrogens with one attached hydrogen (secondary N) is 8. The van der Waals surface area contributed by atoms with Gasteiger partial charge in [0, 0.05) is 61.2 Å². The third kappa shape index (κ3) is 22.3. The van der Waals surface area contributed by atoms with Gasteiger partial charge in [-0.2, -0.15) is 5.26 Å². The van der Waals surface area contributed by atoms with Crippen LogP contribution in [0.25, 0.3) is 10.9 Å². The van der Waals surface area contributed by atoms with E-state index in [1.54, 1.807) is 18.3 Å². The molecule has 0 radical (unpaired) electrons. The zero-order chi connectivity index (χ0) is 60.1. The van der Waals surface area contributed by atoms with Crippen molar-refractivity contribution in [2.45, 2.75) is 172 Å². The SMILES string of the molecule is CCCCCCC[C@@H](O)CC(=O)N[C@H](CCN)C(=O)C[C@H]1CCNC(=O)[C@H](Cc2c[nH]c3ccccc23)NC(=O)[C@H](CCN)CC(=O)[C@H](CCN)NC(=O)[C@H](CC(C)C)NC(=O)[C@@H](Cc2ccc(C#N)cc2)NC(=O)[C@H](CCN)NC1=O. The lowest BCUT2D eigenvalue weighted by molar-refractivity contribution is -0.136. The van der Waals surface area contributed by atoms with Crippen LogP contribution in [0, 0.1) is 29.1 Å². The van der Waals surface area contributed by atoms with Crippen molar-refractivity contribution in [2.24, 2.45) is 40.7 Å². The van der Waals surface area contributed by atoms with Gasteiger partial charge in [0.1, 0.15) is 24.2 Å². The molecular weight excluding hydrogens is 1050 g/mol. The minimum atomic E-state index is -1.40. The second-order valence-corrected chi connectivity index (χ2v) is 21.8. The molecule has 1 saturated heterocycles. The van der Waals surface area contributed by atoms with Crippen molar-refractivity contribution in [3.63, 3.8) is 0 Å². The summed E-state index contributed by atoms with van der Waals surface area (Å²) in [5, 5.41) is 40.3. The van der Waals surface area contributed by atoms with Crippen molar-refractivity contribution in [1.29, 1.82) is 5.26 Å². The Kier molecular flexibility index (Phi) is 29.3. The maximum Gasteiger partial charge on any atom is 0.243 e. The average Bonchev–Trinajstić information content (AvgIpc) is 3.87. The number of aliphatic hydroxyl groups is 1. The maximum atomic E-state index is 14.7. The third-order valence-corrected chi connectivity index (χ3v) is 14.7. The van der Waals surface area contributed by atoms with Crippen LogP contribution in [0.3, 0.4) is 0 Å². The number of ketones is 2. The van der Waals surface area contributed by atoms with Gasteiger partial charge in [0.2, 0.25) is 41.4 Å². The molecule has 0 bridgehead atoms. The maximum absolute atomic E-state index is 14.7. The molecule has 2 heterocycles. The normalized spacial score (nSPS) is 22.0. The van der Waals surface area contributed by atoms with Crippen LogP contribution < -0.4 is 60.2 Å². The number of unbranched alkanes of at least 4 members (excludes halogenated alkanes) is 4. The molecule has 0 aliphatic carbocycles. The van der Waals surface area contributed by atoms with E-state index in [1.165, 1.54) is 12.1 Å². The molecule has 0 spiro atoms. The van der Waals surface area contributed by atoms with Gasteiger partial charge in [-0.3, -0.25) is 43.2 Å². The average molecular weight is 1140 g/mol. The Morgan fingerprint density at radius 2 is 1.28 bits per heavy atom. The number of aliphatic hydroxyl groups excluding tert-OH is 1. The summed E-state index contributed by atoms with van der Waals surface area (Å²) >= 11 is 0. The van der Waals surface area contributed by atoms with Gasteiger partial charge in [-0.15, -0.1) is 0 Å². The minimum absolute atomic E-state index is 0.0109. The lowest BCUT2D eigenvalue weighted by atomic mass is 9.92. The number of Topliss-reactive ketones (excluding diaryl/α,β-unsaturated/α-hetero) is 2. The van der Waals surface area contributed by atoms with Crippen LogP contribution in [0.2, 0.25) is 0 Å². The van der Waals surface area contributed by atoms with Gasteiger partial charge in [-0.25, -0.2) is 0 Å². The van der Waals surface area contributed by atoms with Gasteiger partial charge in [-0.05, 0) is 106 Å². The van der Waals surface area contributed by atoms with Crippen molar-refractivity contribution in [2.75, 3.05) is 32.7 Å². The van der Waals surface area contributed by atoms with Gasteiger partial charge in [0.05, 0.1) is 36.2 Å². The summed E-state index contributed by atoms with van der Waals surface area (Å²) in [5.41, 5.74) is 26.3. The molecule has 0 unspecified atom stereocenters. The summed E-state index contributed by atoms with van der Waals surface area (Å²) in [6.45, 7) is 5.28. The van der Waals surface area contributed by atoms with Crippen LogP contribution in [0.4, 0.5) is 0 Å². The van der Waals surface area contributed by atoms with E-state index in [9.17, 15) is 53.5 Å². The smallest absolute Gasteiger partial charge is 0.243 e. The van der Waals surface area contributed by atoms with Crippen molar-refractivity contribution in [3.05, 3.63) is 71.4 Å². The van der Waals surface area contributed by atoms with Crippen LogP contribution in [0.1, 0.15) is 134 Å². The number of carbonyl (C=O) groups excluding carboxylic acids is 9. The number of rotatable bonds is 26. The standard InChI is InChI=1S/C59H89N13O10/c1-4-5-6-7-8-11-42(73)33-53(76)67-45(19-24-61)51(74)32-40-22-27-65-56(79)50(30-41-35-66-44-13-10-9-12-43(41)44)70-54(77)39(18-23-60)31-52(75)46(20-25-62)68-58(81)48(28-36(2)3)71-59(82)49(29-37-14-16-38(34-64)17-15-37)72-57(80)47(21-26-63)69-55(40)78/h9-10,12-17,35-36,39-40,42,45-50,66,73H,4-8,11,18-33,60-63H2,1-3H3,(H,65,79)(H,67,76)(H,68,81)(H,69,78)(H,70,77)(H,71,82)(H,72,80)/t39-,40-,42-,45-,46+,47+,48+,49-,50+/m1/s1. The van der Waals surface area contributed by atoms with E-state index in [-0.39, 0.29) is 96.4 Å². The molecule has 23 heteroatoms. The van der Waals surface area contributed by atoms with Gasteiger partial charge >= 0.3 is 0 Å². The van der Waals surface area contributed by atoms with Crippen LogP contribution in [0.5, 0.6) is 0 Å². The Bertz CT molecular complexity index is 2620. The number of hydrogen-bond acceptors (Lipinski definition) is 15. The molecule has 2 aromatic carbocycles. The van der Waals surface area contributed by atoms with E-state index >= 15 is 0 Å². The highest BCUT2D eigenvalue weighted by Crippen LogP contribution is 2.22. The summed E-state index contributed by atoms with van der Waals surface area (Å²) < 4.78 is 0. The number of amides is 7. The molecule has 0 saturated carbocycles. The van der Waals surface area contributed by atoms with E-state index in [1.807, 2.05) is 44.2 Å². The molecule has 3 aromatic rings. The Morgan fingerprint density at radius 1 is 0.683 bits per heavy atom. The number of fused-ring (bicyclic) bond motifs is 1. The Balaban J connectivity index is 1.79. The summed E-state index contributed by atoms with van der Waals surface area (Å²) in [6.07, 6.45) is 4.25. The largest absolute Gasteiger partial charge is 0.393 e. The first-order valence-corrected chi connectivity index (χ1v) is 29.0. The number of benzene rings is 2. The predicted octanol–water partition coefficient (Wildman–Crippen LogP) is 0.957. The number of nitriles is 1. The lowest BCUT2D eigenvalue weighted by Gasteiger charge is -2.28. The molecule has 23 nitrogen and oxygen atoms in total. The molecule has 1 aliphatic rings. The quantitative estimate of drug-likeness (QED) is 0.0498. The number of nitrogens with zero attached hydrogens (tertiary/aromatic N) is 1. The van der Waals surface area contributed by atoms with Crippen molar-refractivity contribution < 1.29 is 48.3 Å². The number of aromatic amines is 1. The predicted molar refractivity (Wildman–Crippen MR) is 310 cm³/mol. The summed E-state index contributed by atoms with van der Waals surface area (Å²) in [5.74, 6) is -8.80. The second-order valence-electron chi connectivity index (χ2n) is 21.8. The molecular formula is C59H89N13O10. The van der Waals surface area contributed by atoms with E-state index in [0.717, 1.165) is 43.0 Å². The van der Waals surface area contributed by atoms with Crippen LogP contribution in [-0.4, -0.2) is 138 Å². The monoisotopic (exact) mass is 1140 g/mol.